The zero-order chi connectivity index (χ0) is 20.8. The fraction of sp³-hybridized carbons (Fsp3) is 0.136. The lowest BCUT2D eigenvalue weighted by Crippen LogP contribution is -2.13. The molecule has 0 bridgehead atoms. The molecule has 148 valence electrons. The predicted molar refractivity (Wildman–Crippen MR) is 111 cm³/mol. The molecule has 0 saturated carbocycles. The van der Waals surface area contributed by atoms with Gasteiger partial charge in [-0.1, -0.05) is 0 Å². The van der Waals surface area contributed by atoms with Crippen molar-refractivity contribution in [3.8, 4) is 11.5 Å². The fourth-order valence-electron chi connectivity index (χ4n) is 2.63. The van der Waals surface area contributed by atoms with Crippen LogP contribution in [0.5, 0.6) is 11.5 Å². The smallest absolute Gasteiger partial charge is 0.257 e. The third-order valence-electron chi connectivity index (χ3n) is 4.25. The molecule has 0 spiro atoms. The first-order chi connectivity index (χ1) is 14.0. The predicted octanol–water partition coefficient (Wildman–Crippen LogP) is 4.30. The van der Waals surface area contributed by atoms with E-state index in [1.807, 2.05) is 0 Å². The Morgan fingerprint density at radius 1 is 0.897 bits per heavy atom. The van der Waals surface area contributed by atoms with Crippen LogP contribution < -0.4 is 20.1 Å². The van der Waals surface area contributed by atoms with Gasteiger partial charge >= 0.3 is 0 Å². The molecule has 0 radical (unpaired) electrons. The molecule has 1 aromatic heterocycles. The summed E-state index contributed by atoms with van der Waals surface area (Å²) in [6.07, 6.45) is 1.48. The first-order valence-electron chi connectivity index (χ1n) is 8.87. The number of ketones is 1. The fourth-order valence-corrected chi connectivity index (χ4v) is 2.63. The van der Waals surface area contributed by atoms with E-state index >= 15 is 0 Å². The molecule has 2 aromatic carbocycles. The maximum absolute atomic E-state index is 12.5. The van der Waals surface area contributed by atoms with Crippen molar-refractivity contribution >= 4 is 28.9 Å². The van der Waals surface area contributed by atoms with Crippen LogP contribution >= 0.6 is 0 Å². The number of carbonyl (C=O) groups is 2. The maximum atomic E-state index is 12.5. The molecule has 7 nitrogen and oxygen atoms in total. The van der Waals surface area contributed by atoms with Crippen molar-refractivity contribution in [2.75, 3.05) is 24.9 Å². The first-order valence-corrected chi connectivity index (χ1v) is 8.87. The van der Waals surface area contributed by atoms with Crippen LogP contribution in [0.3, 0.4) is 0 Å². The number of amides is 1. The van der Waals surface area contributed by atoms with E-state index in [-0.39, 0.29) is 11.7 Å². The van der Waals surface area contributed by atoms with Gasteiger partial charge in [0, 0.05) is 23.5 Å². The summed E-state index contributed by atoms with van der Waals surface area (Å²) >= 11 is 0. The van der Waals surface area contributed by atoms with E-state index < -0.39 is 0 Å². The number of ether oxygens (including phenoxy) is 2. The molecule has 7 heteroatoms. The van der Waals surface area contributed by atoms with E-state index in [0.717, 1.165) is 5.69 Å². The maximum Gasteiger partial charge on any atom is 0.257 e. The number of nitrogens with one attached hydrogen (secondary N) is 2. The second-order valence-corrected chi connectivity index (χ2v) is 6.21. The second-order valence-electron chi connectivity index (χ2n) is 6.21. The average molecular weight is 391 g/mol. The molecule has 29 heavy (non-hydrogen) atoms. The minimum atomic E-state index is -0.307. The Labute approximate surface area is 168 Å². The molecule has 1 amide bonds. The van der Waals surface area contributed by atoms with Crippen molar-refractivity contribution in [1.29, 1.82) is 0 Å². The highest BCUT2D eigenvalue weighted by Crippen LogP contribution is 2.29. The summed E-state index contributed by atoms with van der Waals surface area (Å²) in [5, 5.41) is 5.93. The van der Waals surface area contributed by atoms with Gasteiger partial charge in [0.05, 0.1) is 25.5 Å². The summed E-state index contributed by atoms with van der Waals surface area (Å²) in [6, 6.07) is 15.6. The minimum absolute atomic E-state index is 0.0125. The van der Waals surface area contributed by atoms with Crippen LogP contribution in [0.15, 0.2) is 60.8 Å². The topological polar surface area (TPSA) is 89.6 Å². The van der Waals surface area contributed by atoms with Crippen LogP contribution in [0.1, 0.15) is 27.6 Å². The molecule has 0 aliphatic rings. The van der Waals surface area contributed by atoms with E-state index in [2.05, 4.69) is 15.6 Å². The zero-order valence-electron chi connectivity index (χ0n) is 16.4. The number of Topliss-reactive ketones (excluding diaryl/α,β-unsaturated/α-hetero) is 1. The Balaban J connectivity index is 1.68. The summed E-state index contributed by atoms with van der Waals surface area (Å²) < 4.78 is 10.4. The van der Waals surface area contributed by atoms with E-state index in [1.54, 1.807) is 61.7 Å². The largest absolute Gasteiger partial charge is 0.497 e. The van der Waals surface area contributed by atoms with Crippen molar-refractivity contribution < 1.29 is 19.1 Å². The number of hydrogen-bond acceptors (Lipinski definition) is 6. The van der Waals surface area contributed by atoms with Crippen molar-refractivity contribution in [2.45, 2.75) is 6.92 Å². The molecule has 0 atom stereocenters. The molecule has 2 N–H and O–H groups in total. The molecule has 0 aliphatic carbocycles. The molecule has 0 fully saturated rings. The van der Waals surface area contributed by atoms with Gasteiger partial charge in [0.2, 0.25) is 0 Å². The third-order valence-corrected chi connectivity index (χ3v) is 4.25. The summed E-state index contributed by atoms with van der Waals surface area (Å²) in [4.78, 5) is 28.1. The van der Waals surface area contributed by atoms with Gasteiger partial charge < -0.3 is 20.1 Å². The summed E-state index contributed by atoms with van der Waals surface area (Å²) in [5.41, 5.74) is 2.37. The Bertz CT molecular complexity index is 1020. The summed E-state index contributed by atoms with van der Waals surface area (Å²) in [6.45, 7) is 1.52. The van der Waals surface area contributed by atoms with Gasteiger partial charge in [0.15, 0.2) is 5.78 Å². The molecule has 0 aliphatic heterocycles. The number of rotatable bonds is 7. The van der Waals surface area contributed by atoms with Gasteiger partial charge in [-0.25, -0.2) is 4.98 Å². The Hall–Kier alpha value is -3.87. The van der Waals surface area contributed by atoms with Crippen molar-refractivity contribution in [2.24, 2.45) is 0 Å². The lowest BCUT2D eigenvalue weighted by molar-refractivity contribution is 0.101. The van der Waals surface area contributed by atoms with Gasteiger partial charge in [0.25, 0.3) is 5.91 Å². The van der Waals surface area contributed by atoms with Gasteiger partial charge in [-0.15, -0.1) is 0 Å². The number of methoxy groups -OCH3 is 2. The molecular formula is C22H21N3O4. The van der Waals surface area contributed by atoms with E-state index in [1.165, 1.54) is 20.2 Å². The number of benzene rings is 2. The highest BCUT2D eigenvalue weighted by molar-refractivity contribution is 6.05. The SMILES string of the molecule is COc1ccc(NC(=O)c2ccc(Nc3ccc(C(C)=O)cc3)nc2)c(OC)c1. The molecule has 0 saturated heterocycles. The first kappa shape index (κ1) is 19.9. The summed E-state index contributed by atoms with van der Waals surface area (Å²) in [5.74, 6) is 1.42. The van der Waals surface area contributed by atoms with Crippen molar-refractivity contribution in [3.05, 3.63) is 71.9 Å². The molecular weight excluding hydrogens is 370 g/mol. The van der Waals surface area contributed by atoms with Gasteiger partial charge in [-0.05, 0) is 55.5 Å². The average Bonchev–Trinajstić information content (AvgIpc) is 2.74. The third kappa shape index (κ3) is 4.90. The number of anilines is 3. The van der Waals surface area contributed by atoms with Crippen LogP contribution in [0, 0.1) is 0 Å². The minimum Gasteiger partial charge on any atom is -0.497 e. The normalized spacial score (nSPS) is 10.2. The molecule has 3 aromatic rings. The number of aromatic nitrogens is 1. The number of hydrogen-bond donors (Lipinski definition) is 2. The highest BCUT2D eigenvalue weighted by atomic mass is 16.5. The number of pyridine rings is 1. The molecule has 0 unspecified atom stereocenters. The highest BCUT2D eigenvalue weighted by Gasteiger charge is 2.11. The standard InChI is InChI=1S/C22H21N3O4/c1-14(26)15-4-7-17(8-5-15)24-21-11-6-16(13-23-21)22(27)25-19-10-9-18(28-2)12-20(19)29-3/h4-13H,1-3H3,(H,23,24)(H,25,27). The van der Waals surface area contributed by atoms with E-state index in [9.17, 15) is 9.59 Å². The van der Waals surface area contributed by atoms with Crippen LogP contribution in [0.4, 0.5) is 17.2 Å². The number of carbonyl (C=O) groups excluding carboxylic acids is 2. The van der Waals surface area contributed by atoms with E-state index in [0.29, 0.717) is 34.1 Å². The Morgan fingerprint density at radius 3 is 2.21 bits per heavy atom. The summed E-state index contributed by atoms with van der Waals surface area (Å²) in [7, 11) is 3.08. The van der Waals surface area contributed by atoms with Gasteiger partial charge in [0.1, 0.15) is 17.3 Å². The van der Waals surface area contributed by atoms with Crippen LogP contribution in [-0.2, 0) is 0 Å². The van der Waals surface area contributed by atoms with Crippen molar-refractivity contribution in [1.82, 2.24) is 4.98 Å². The monoisotopic (exact) mass is 391 g/mol. The van der Waals surface area contributed by atoms with E-state index in [4.69, 9.17) is 9.47 Å². The Kier molecular flexibility index (Phi) is 6.09. The van der Waals surface area contributed by atoms with Crippen LogP contribution in [-0.4, -0.2) is 30.9 Å². The Morgan fingerprint density at radius 2 is 1.62 bits per heavy atom. The van der Waals surface area contributed by atoms with Crippen LogP contribution in [0.25, 0.3) is 0 Å². The van der Waals surface area contributed by atoms with Crippen molar-refractivity contribution in [3.63, 3.8) is 0 Å². The second kappa shape index (κ2) is 8.88. The molecule has 3 rings (SSSR count). The quantitative estimate of drug-likeness (QED) is 0.584. The number of nitrogens with zero attached hydrogens (tertiary/aromatic N) is 1. The van der Waals surface area contributed by atoms with Gasteiger partial charge in [-0.2, -0.15) is 0 Å². The zero-order valence-corrected chi connectivity index (χ0v) is 16.4. The van der Waals surface area contributed by atoms with Gasteiger partial charge in [-0.3, -0.25) is 9.59 Å². The van der Waals surface area contributed by atoms with Crippen LogP contribution in [0.2, 0.25) is 0 Å². The lowest BCUT2D eigenvalue weighted by Gasteiger charge is -2.12. The molecule has 1 heterocycles. The lowest BCUT2D eigenvalue weighted by atomic mass is 10.1.